The third-order valence-corrected chi connectivity index (χ3v) is 7.97. The molecule has 0 bridgehead atoms. The van der Waals surface area contributed by atoms with Crippen molar-refractivity contribution in [3.63, 3.8) is 0 Å². The van der Waals surface area contributed by atoms with Crippen LogP contribution in [0.5, 0.6) is 0 Å². The molecule has 0 saturated heterocycles. The van der Waals surface area contributed by atoms with Crippen molar-refractivity contribution in [1.29, 1.82) is 0 Å². The molecule has 2 aromatic heterocycles. The molecule has 0 unspecified atom stereocenters. The first-order valence-corrected chi connectivity index (χ1v) is 12.4. The van der Waals surface area contributed by atoms with Crippen LogP contribution in [-0.2, 0) is 15.6 Å². The third kappa shape index (κ3) is 4.69. The van der Waals surface area contributed by atoms with Crippen LogP contribution < -0.4 is 0 Å². The van der Waals surface area contributed by atoms with Crippen LogP contribution in [0.25, 0.3) is 17.1 Å². The van der Waals surface area contributed by atoms with E-state index in [2.05, 4.69) is 20.2 Å². The molecule has 0 aliphatic carbocycles. The van der Waals surface area contributed by atoms with Gasteiger partial charge in [0.1, 0.15) is 28.9 Å². The molecular formula is C23H20ClF2N5O2S. The Kier molecular flexibility index (Phi) is 6.72. The number of nitrogens with zero attached hydrogens (tertiary/aromatic N) is 5. The van der Waals surface area contributed by atoms with E-state index in [0.717, 1.165) is 16.7 Å². The molecular weight excluding hydrogens is 484 g/mol. The number of aromatic nitrogens is 5. The molecule has 2 heterocycles. The Morgan fingerprint density at radius 2 is 1.56 bits per heavy atom. The molecule has 0 saturated carbocycles. The smallest absolute Gasteiger partial charge is 0.168 e. The normalized spacial score (nSPS) is 13.6. The summed E-state index contributed by atoms with van der Waals surface area (Å²) in [5, 5.41) is 7.50. The molecule has 4 aromatic rings. The van der Waals surface area contributed by atoms with Crippen molar-refractivity contribution < 1.29 is 17.2 Å². The summed E-state index contributed by atoms with van der Waals surface area (Å²) in [7, 11) is -3.88. The molecule has 0 aliphatic heterocycles. The maximum Gasteiger partial charge on any atom is 0.168 e. The van der Waals surface area contributed by atoms with Gasteiger partial charge in [0.05, 0.1) is 10.3 Å². The standard InChI is InChI=1S/C23H20ClF2N5O2S/c1-14(22-27-11-17(24)12-28-22)15(2)34(32,33)13-20-29-30-23(16-7-4-3-5-8-16)31(20)21-18(25)9-6-10-19(21)26/h3-12,14-15H,13H2,1-2H3/t14-,15-/m0/s1. The van der Waals surface area contributed by atoms with E-state index in [-0.39, 0.29) is 11.6 Å². The van der Waals surface area contributed by atoms with Crippen LogP contribution in [-0.4, -0.2) is 38.4 Å². The molecule has 0 amide bonds. The zero-order valence-corrected chi connectivity index (χ0v) is 19.8. The first-order valence-electron chi connectivity index (χ1n) is 10.3. The molecule has 0 aliphatic rings. The summed E-state index contributed by atoms with van der Waals surface area (Å²) in [6, 6.07) is 12.0. The number of hydrogen-bond donors (Lipinski definition) is 0. The number of sulfone groups is 1. The van der Waals surface area contributed by atoms with Gasteiger partial charge in [0.2, 0.25) is 0 Å². The van der Waals surface area contributed by atoms with E-state index >= 15 is 0 Å². The average molecular weight is 504 g/mol. The zero-order valence-electron chi connectivity index (χ0n) is 18.2. The minimum absolute atomic E-state index is 0.112. The first-order chi connectivity index (χ1) is 16.2. The summed E-state index contributed by atoms with van der Waals surface area (Å²) < 4.78 is 57.3. The largest absolute Gasteiger partial charge is 0.272 e. The predicted molar refractivity (Wildman–Crippen MR) is 124 cm³/mol. The van der Waals surface area contributed by atoms with E-state index in [0.29, 0.717) is 16.4 Å². The molecule has 11 heteroatoms. The van der Waals surface area contributed by atoms with Crippen molar-refractivity contribution in [2.45, 2.75) is 30.8 Å². The minimum atomic E-state index is -3.88. The van der Waals surface area contributed by atoms with E-state index in [1.165, 1.54) is 25.4 Å². The van der Waals surface area contributed by atoms with Crippen LogP contribution in [0.4, 0.5) is 8.78 Å². The predicted octanol–water partition coefficient (Wildman–Crippen LogP) is 4.76. The quantitative estimate of drug-likeness (QED) is 0.361. The van der Waals surface area contributed by atoms with Gasteiger partial charge in [-0.15, -0.1) is 10.2 Å². The second-order valence-electron chi connectivity index (χ2n) is 7.77. The van der Waals surface area contributed by atoms with E-state index in [1.807, 2.05) is 0 Å². The van der Waals surface area contributed by atoms with Gasteiger partial charge in [-0.2, -0.15) is 0 Å². The summed E-state index contributed by atoms with van der Waals surface area (Å²) in [6.45, 7) is 3.21. The maximum atomic E-state index is 14.8. The van der Waals surface area contributed by atoms with Gasteiger partial charge in [-0.3, -0.25) is 4.57 Å². The van der Waals surface area contributed by atoms with E-state index in [4.69, 9.17) is 11.6 Å². The lowest BCUT2D eigenvalue weighted by atomic mass is 10.1. The molecule has 2 aromatic carbocycles. The molecule has 0 fully saturated rings. The third-order valence-electron chi connectivity index (χ3n) is 5.57. The summed E-state index contributed by atoms with van der Waals surface area (Å²) in [4.78, 5) is 8.22. The highest BCUT2D eigenvalue weighted by Gasteiger charge is 2.32. The van der Waals surface area contributed by atoms with E-state index in [9.17, 15) is 17.2 Å². The van der Waals surface area contributed by atoms with Gasteiger partial charge in [0, 0.05) is 23.9 Å². The lowest BCUT2D eigenvalue weighted by molar-refractivity contribution is 0.555. The summed E-state index contributed by atoms with van der Waals surface area (Å²) >= 11 is 5.82. The van der Waals surface area contributed by atoms with Gasteiger partial charge < -0.3 is 0 Å². The van der Waals surface area contributed by atoms with Gasteiger partial charge in [0.15, 0.2) is 21.5 Å². The lowest BCUT2D eigenvalue weighted by Crippen LogP contribution is -2.27. The van der Waals surface area contributed by atoms with Crippen LogP contribution in [0.15, 0.2) is 60.9 Å². The van der Waals surface area contributed by atoms with Crippen LogP contribution in [0.2, 0.25) is 5.02 Å². The topological polar surface area (TPSA) is 90.6 Å². The highest BCUT2D eigenvalue weighted by atomic mass is 35.5. The number of hydrogen-bond acceptors (Lipinski definition) is 6. The van der Waals surface area contributed by atoms with Crippen LogP contribution >= 0.6 is 11.6 Å². The van der Waals surface area contributed by atoms with Crippen LogP contribution in [0.1, 0.15) is 31.4 Å². The Morgan fingerprint density at radius 1 is 0.941 bits per heavy atom. The highest BCUT2D eigenvalue weighted by Crippen LogP contribution is 2.29. The van der Waals surface area contributed by atoms with Crippen LogP contribution in [0, 0.1) is 11.6 Å². The fraction of sp³-hybridized carbons (Fsp3) is 0.217. The Balaban J connectivity index is 1.77. The number of para-hydroxylation sites is 1. The molecule has 4 rings (SSSR count). The SMILES string of the molecule is C[C@H](c1ncc(Cl)cn1)[C@H](C)S(=O)(=O)Cc1nnc(-c2ccccc2)n1-c1c(F)cccc1F. The lowest BCUT2D eigenvalue weighted by Gasteiger charge is -2.19. The van der Waals surface area contributed by atoms with E-state index < -0.39 is 44.1 Å². The second-order valence-corrected chi connectivity index (χ2v) is 10.6. The van der Waals surface area contributed by atoms with Crippen molar-refractivity contribution >= 4 is 21.4 Å². The van der Waals surface area contributed by atoms with Crippen molar-refractivity contribution in [1.82, 2.24) is 24.7 Å². The fourth-order valence-electron chi connectivity index (χ4n) is 3.51. The summed E-state index contributed by atoms with van der Waals surface area (Å²) in [5.74, 6) is -2.59. The van der Waals surface area contributed by atoms with Crippen molar-refractivity contribution in [3.8, 4) is 17.1 Å². The Morgan fingerprint density at radius 3 is 2.18 bits per heavy atom. The molecule has 0 spiro atoms. The summed E-state index contributed by atoms with van der Waals surface area (Å²) in [5.41, 5.74) is 0.0792. The van der Waals surface area contributed by atoms with Crippen LogP contribution in [0.3, 0.4) is 0 Å². The minimum Gasteiger partial charge on any atom is -0.272 e. The molecule has 176 valence electrons. The first kappa shape index (κ1) is 23.9. The van der Waals surface area contributed by atoms with Gasteiger partial charge in [0.25, 0.3) is 0 Å². The van der Waals surface area contributed by atoms with Gasteiger partial charge >= 0.3 is 0 Å². The van der Waals surface area contributed by atoms with Crippen molar-refractivity contribution in [2.75, 3.05) is 0 Å². The second kappa shape index (κ2) is 9.55. The Hall–Kier alpha value is -3.24. The molecule has 0 N–H and O–H groups in total. The fourth-order valence-corrected chi connectivity index (χ4v) is 5.16. The van der Waals surface area contributed by atoms with Crippen molar-refractivity contribution in [2.24, 2.45) is 0 Å². The number of halogens is 3. The van der Waals surface area contributed by atoms with Gasteiger partial charge in [-0.05, 0) is 19.1 Å². The van der Waals surface area contributed by atoms with Gasteiger partial charge in [-0.1, -0.05) is 54.9 Å². The molecule has 7 nitrogen and oxygen atoms in total. The Bertz CT molecular complexity index is 1390. The molecule has 34 heavy (non-hydrogen) atoms. The zero-order chi connectivity index (χ0) is 24.5. The Labute approximate surface area is 200 Å². The monoisotopic (exact) mass is 503 g/mol. The maximum absolute atomic E-state index is 14.8. The number of rotatable bonds is 7. The van der Waals surface area contributed by atoms with Crippen molar-refractivity contribution in [3.05, 3.63) is 89.2 Å². The average Bonchev–Trinajstić information content (AvgIpc) is 3.21. The van der Waals surface area contributed by atoms with Gasteiger partial charge in [-0.25, -0.2) is 27.2 Å². The summed E-state index contributed by atoms with van der Waals surface area (Å²) in [6.07, 6.45) is 2.78. The molecule has 2 atom stereocenters. The highest BCUT2D eigenvalue weighted by molar-refractivity contribution is 7.91. The number of benzene rings is 2. The molecule has 0 radical (unpaired) electrons. The van der Waals surface area contributed by atoms with E-state index in [1.54, 1.807) is 37.3 Å².